The van der Waals surface area contributed by atoms with Crippen molar-refractivity contribution in [1.29, 1.82) is 0 Å². The van der Waals surface area contributed by atoms with Crippen LogP contribution in [0.4, 0.5) is 0 Å². The van der Waals surface area contributed by atoms with Crippen LogP contribution in [0.5, 0.6) is 0 Å². The second kappa shape index (κ2) is 6.25. The number of benzene rings is 1. The zero-order valence-corrected chi connectivity index (χ0v) is 12.3. The van der Waals surface area contributed by atoms with E-state index < -0.39 is 5.54 Å². The SMILES string of the molecule is Cc1ccc(SCC(=O)N(C)C(C)(C)CO)cc1. The summed E-state index contributed by atoms with van der Waals surface area (Å²) in [6, 6.07) is 8.11. The van der Waals surface area contributed by atoms with Crippen molar-refractivity contribution in [1.82, 2.24) is 4.90 Å². The minimum Gasteiger partial charge on any atom is -0.394 e. The molecule has 0 unspecified atom stereocenters. The number of aryl methyl sites for hydroxylation is 1. The molecule has 0 aliphatic heterocycles. The maximum Gasteiger partial charge on any atom is 0.233 e. The van der Waals surface area contributed by atoms with Gasteiger partial charge in [0.05, 0.1) is 17.9 Å². The van der Waals surface area contributed by atoms with Gasteiger partial charge < -0.3 is 10.0 Å². The molecule has 18 heavy (non-hydrogen) atoms. The van der Waals surface area contributed by atoms with E-state index in [2.05, 4.69) is 0 Å². The topological polar surface area (TPSA) is 40.5 Å². The van der Waals surface area contributed by atoms with Crippen LogP contribution in [0, 0.1) is 6.92 Å². The molecular weight excluding hydrogens is 246 g/mol. The van der Waals surface area contributed by atoms with E-state index in [4.69, 9.17) is 0 Å². The number of thioether (sulfide) groups is 1. The fraction of sp³-hybridized carbons (Fsp3) is 0.500. The molecule has 1 aromatic rings. The Kier molecular flexibility index (Phi) is 5.23. The summed E-state index contributed by atoms with van der Waals surface area (Å²) in [5.74, 6) is 0.419. The van der Waals surface area contributed by atoms with Gasteiger partial charge in [0.15, 0.2) is 0 Å². The van der Waals surface area contributed by atoms with Crippen molar-refractivity contribution in [2.45, 2.75) is 31.2 Å². The molecule has 1 amide bonds. The van der Waals surface area contributed by atoms with Gasteiger partial charge in [0.25, 0.3) is 0 Å². The van der Waals surface area contributed by atoms with E-state index >= 15 is 0 Å². The summed E-state index contributed by atoms with van der Waals surface area (Å²) in [4.78, 5) is 14.7. The molecule has 3 nitrogen and oxygen atoms in total. The van der Waals surface area contributed by atoms with Gasteiger partial charge in [0, 0.05) is 11.9 Å². The van der Waals surface area contributed by atoms with E-state index in [1.807, 2.05) is 45.0 Å². The first-order chi connectivity index (χ1) is 8.36. The molecule has 1 rings (SSSR count). The second-order valence-electron chi connectivity index (χ2n) is 5.03. The zero-order chi connectivity index (χ0) is 13.8. The van der Waals surface area contributed by atoms with Gasteiger partial charge in [0.2, 0.25) is 5.91 Å². The fourth-order valence-electron chi connectivity index (χ4n) is 1.32. The third-order valence-corrected chi connectivity index (χ3v) is 4.05. The van der Waals surface area contributed by atoms with Crippen LogP contribution >= 0.6 is 11.8 Å². The number of aliphatic hydroxyl groups is 1. The lowest BCUT2D eigenvalue weighted by molar-refractivity contribution is -0.133. The van der Waals surface area contributed by atoms with Crippen molar-refractivity contribution in [3.8, 4) is 0 Å². The van der Waals surface area contributed by atoms with Crippen molar-refractivity contribution in [2.24, 2.45) is 0 Å². The zero-order valence-electron chi connectivity index (χ0n) is 11.4. The normalized spacial score (nSPS) is 11.4. The van der Waals surface area contributed by atoms with Gasteiger partial charge >= 0.3 is 0 Å². The summed E-state index contributed by atoms with van der Waals surface area (Å²) >= 11 is 1.52. The van der Waals surface area contributed by atoms with Gasteiger partial charge in [-0.2, -0.15) is 0 Å². The van der Waals surface area contributed by atoms with Gasteiger partial charge in [0.1, 0.15) is 0 Å². The molecular formula is C14H21NO2S. The Balaban J connectivity index is 2.53. The highest BCUT2D eigenvalue weighted by molar-refractivity contribution is 8.00. The van der Waals surface area contributed by atoms with Gasteiger partial charge in [-0.3, -0.25) is 4.79 Å². The Labute approximate surface area is 113 Å². The van der Waals surface area contributed by atoms with Crippen LogP contribution in [-0.4, -0.2) is 40.9 Å². The van der Waals surface area contributed by atoms with Crippen molar-refractivity contribution < 1.29 is 9.90 Å². The average molecular weight is 267 g/mol. The lowest BCUT2D eigenvalue weighted by Gasteiger charge is -2.33. The number of carbonyl (C=O) groups excluding carboxylic acids is 1. The summed E-state index contributed by atoms with van der Waals surface area (Å²) in [5.41, 5.74) is 0.703. The van der Waals surface area contributed by atoms with Crippen molar-refractivity contribution in [3.63, 3.8) is 0 Å². The predicted molar refractivity (Wildman–Crippen MR) is 75.8 cm³/mol. The van der Waals surface area contributed by atoms with Gasteiger partial charge in [-0.25, -0.2) is 0 Å². The van der Waals surface area contributed by atoms with Crippen LogP contribution in [0.15, 0.2) is 29.2 Å². The molecule has 1 N–H and O–H groups in total. The Hall–Kier alpha value is -1.00. The van der Waals surface area contributed by atoms with Crippen LogP contribution in [0.1, 0.15) is 19.4 Å². The minimum atomic E-state index is -0.509. The average Bonchev–Trinajstić information content (AvgIpc) is 2.36. The molecule has 0 saturated heterocycles. The number of hydrogen-bond acceptors (Lipinski definition) is 3. The molecule has 4 heteroatoms. The number of likely N-dealkylation sites (N-methyl/N-ethyl adjacent to an activating group) is 1. The molecule has 0 aromatic heterocycles. The number of carbonyl (C=O) groups is 1. The van der Waals surface area contributed by atoms with Crippen LogP contribution in [0.3, 0.4) is 0 Å². The lowest BCUT2D eigenvalue weighted by Crippen LogP contribution is -2.48. The molecule has 0 fully saturated rings. The molecule has 0 atom stereocenters. The van der Waals surface area contributed by atoms with Crippen LogP contribution in [0.25, 0.3) is 0 Å². The highest BCUT2D eigenvalue weighted by atomic mass is 32.2. The highest BCUT2D eigenvalue weighted by Gasteiger charge is 2.26. The van der Waals surface area contributed by atoms with Crippen LogP contribution < -0.4 is 0 Å². The molecule has 0 aliphatic carbocycles. The highest BCUT2D eigenvalue weighted by Crippen LogP contribution is 2.20. The Morgan fingerprint density at radius 3 is 2.39 bits per heavy atom. The minimum absolute atomic E-state index is 0.0274. The quantitative estimate of drug-likeness (QED) is 0.832. The van der Waals surface area contributed by atoms with Crippen LogP contribution in [0.2, 0.25) is 0 Å². The number of rotatable bonds is 5. The Morgan fingerprint density at radius 1 is 1.33 bits per heavy atom. The van der Waals surface area contributed by atoms with Gasteiger partial charge in [-0.05, 0) is 32.9 Å². The molecule has 1 aromatic carbocycles. The van der Waals surface area contributed by atoms with Crippen molar-refractivity contribution in [3.05, 3.63) is 29.8 Å². The van der Waals surface area contributed by atoms with Crippen molar-refractivity contribution >= 4 is 17.7 Å². The van der Waals surface area contributed by atoms with Crippen LogP contribution in [-0.2, 0) is 4.79 Å². The fourth-order valence-corrected chi connectivity index (χ4v) is 2.13. The second-order valence-corrected chi connectivity index (χ2v) is 6.07. The smallest absolute Gasteiger partial charge is 0.233 e. The maximum absolute atomic E-state index is 12.0. The monoisotopic (exact) mass is 267 g/mol. The third-order valence-electron chi connectivity index (χ3n) is 3.05. The van der Waals surface area contributed by atoms with Gasteiger partial charge in [-0.1, -0.05) is 17.7 Å². The van der Waals surface area contributed by atoms with Gasteiger partial charge in [-0.15, -0.1) is 11.8 Å². The van der Waals surface area contributed by atoms with E-state index in [9.17, 15) is 9.90 Å². The largest absolute Gasteiger partial charge is 0.394 e. The van der Waals surface area contributed by atoms with E-state index in [0.29, 0.717) is 5.75 Å². The molecule has 0 radical (unpaired) electrons. The standard InChI is InChI=1S/C14H21NO2S/c1-11-5-7-12(8-6-11)18-9-13(17)15(4)14(2,3)10-16/h5-8,16H,9-10H2,1-4H3. The Morgan fingerprint density at radius 2 is 1.89 bits per heavy atom. The molecule has 0 saturated carbocycles. The van der Waals surface area contributed by atoms with E-state index in [1.165, 1.54) is 17.3 Å². The summed E-state index contributed by atoms with van der Waals surface area (Å²) in [6.45, 7) is 5.70. The number of aliphatic hydroxyl groups excluding tert-OH is 1. The molecule has 0 heterocycles. The Bertz CT molecular complexity index is 401. The molecule has 0 spiro atoms. The first-order valence-electron chi connectivity index (χ1n) is 5.94. The van der Waals surface area contributed by atoms with Crippen molar-refractivity contribution in [2.75, 3.05) is 19.4 Å². The number of nitrogens with zero attached hydrogens (tertiary/aromatic N) is 1. The number of hydrogen-bond donors (Lipinski definition) is 1. The first-order valence-corrected chi connectivity index (χ1v) is 6.92. The molecule has 100 valence electrons. The summed E-state index contributed by atoms with van der Waals surface area (Å²) in [7, 11) is 1.73. The summed E-state index contributed by atoms with van der Waals surface area (Å²) < 4.78 is 0. The summed E-state index contributed by atoms with van der Waals surface area (Å²) in [5, 5.41) is 9.23. The first kappa shape index (κ1) is 15.1. The molecule has 0 aliphatic rings. The van der Waals surface area contributed by atoms with E-state index in [-0.39, 0.29) is 12.5 Å². The lowest BCUT2D eigenvalue weighted by atomic mass is 10.1. The van der Waals surface area contributed by atoms with E-state index in [1.54, 1.807) is 11.9 Å². The third kappa shape index (κ3) is 4.03. The predicted octanol–water partition coefficient (Wildman–Crippen LogP) is 2.32. The summed E-state index contributed by atoms with van der Waals surface area (Å²) in [6.07, 6.45) is 0. The molecule has 0 bridgehead atoms. The van der Waals surface area contributed by atoms with E-state index in [0.717, 1.165) is 4.90 Å². The maximum atomic E-state index is 12.0. The number of amides is 1.